The van der Waals surface area contributed by atoms with Crippen molar-refractivity contribution in [2.45, 2.75) is 37.8 Å². The highest BCUT2D eigenvalue weighted by Crippen LogP contribution is 2.40. The lowest BCUT2D eigenvalue weighted by atomic mass is 9.99. The third-order valence-electron chi connectivity index (χ3n) is 5.59. The van der Waals surface area contributed by atoms with Gasteiger partial charge in [-0.2, -0.15) is 0 Å². The number of nitrogens with one attached hydrogen (secondary N) is 1. The molecule has 0 saturated carbocycles. The molecule has 140 valence electrons. The fourth-order valence-corrected chi connectivity index (χ4v) is 4.52. The summed E-state index contributed by atoms with van der Waals surface area (Å²) in [6.45, 7) is 2.36. The molecule has 2 unspecified atom stereocenters. The van der Waals surface area contributed by atoms with E-state index in [1.807, 2.05) is 11.0 Å². The SMILES string of the molecule is CC1(NC(=O)c2cccc(Br)c2)CCN(C2CCc3cc(F)ccc32)C1=O. The lowest BCUT2D eigenvalue weighted by Crippen LogP contribution is -2.52. The molecule has 1 aliphatic heterocycles. The second-order valence-electron chi connectivity index (χ2n) is 7.44. The summed E-state index contributed by atoms with van der Waals surface area (Å²) < 4.78 is 14.3. The van der Waals surface area contributed by atoms with Gasteiger partial charge in [0, 0.05) is 16.6 Å². The molecule has 1 heterocycles. The fraction of sp³-hybridized carbons (Fsp3) is 0.333. The van der Waals surface area contributed by atoms with Crippen LogP contribution in [0.25, 0.3) is 0 Å². The molecule has 1 saturated heterocycles. The zero-order chi connectivity index (χ0) is 19.2. The Morgan fingerprint density at radius 1 is 1.30 bits per heavy atom. The molecule has 2 atom stereocenters. The van der Waals surface area contributed by atoms with Gasteiger partial charge in [0.15, 0.2) is 0 Å². The van der Waals surface area contributed by atoms with Crippen molar-refractivity contribution in [2.24, 2.45) is 0 Å². The number of benzene rings is 2. The molecule has 0 aromatic heterocycles. The molecule has 2 amide bonds. The first-order valence-electron chi connectivity index (χ1n) is 9.05. The summed E-state index contributed by atoms with van der Waals surface area (Å²) in [4.78, 5) is 27.6. The first-order chi connectivity index (χ1) is 12.9. The van der Waals surface area contributed by atoms with Gasteiger partial charge in [0.05, 0.1) is 6.04 Å². The highest BCUT2D eigenvalue weighted by Gasteiger charge is 2.47. The molecule has 27 heavy (non-hydrogen) atoms. The number of rotatable bonds is 3. The maximum Gasteiger partial charge on any atom is 0.252 e. The minimum atomic E-state index is -0.928. The normalized spacial score (nSPS) is 24.2. The molecule has 1 N–H and O–H groups in total. The number of nitrogens with zero attached hydrogens (tertiary/aromatic N) is 1. The summed E-state index contributed by atoms with van der Waals surface area (Å²) in [7, 11) is 0. The number of fused-ring (bicyclic) bond motifs is 1. The van der Waals surface area contributed by atoms with Gasteiger partial charge in [-0.3, -0.25) is 9.59 Å². The van der Waals surface area contributed by atoms with Crippen LogP contribution >= 0.6 is 15.9 Å². The summed E-state index contributed by atoms with van der Waals surface area (Å²) in [6, 6.07) is 11.8. The van der Waals surface area contributed by atoms with Gasteiger partial charge >= 0.3 is 0 Å². The van der Waals surface area contributed by atoms with Gasteiger partial charge < -0.3 is 10.2 Å². The Morgan fingerprint density at radius 2 is 2.11 bits per heavy atom. The van der Waals surface area contributed by atoms with E-state index in [0.717, 1.165) is 28.4 Å². The van der Waals surface area contributed by atoms with Crippen molar-refractivity contribution in [3.63, 3.8) is 0 Å². The molecule has 4 rings (SSSR count). The van der Waals surface area contributed by atoms with Crippen LogP contribution < -0.4 is 5.32 Å². The van der Waals surface area contributed by atoms with Crippen molar-refractivity contribution in [1.29, 1.82) is 0 Å². The van der Waals surface area contributed by atoms with Crippen LogP contribution in [0.5, 0.6) is 0 Å². The Bertz CT molecular complexity index is 932. The molecule has 0 bridgehead atoms. The van der Waals surface area contributed by atoms with Crippen molar-refractivity contribution in [3.8, 4) is 0 Å². The Kier molecular flexibility index (Phi) is 4.54. The standard InChI is InChI=1S/C21H20BrFN2O2/c1-21(24-19(26)14-3-2-4-15(22)11-14)9-10-25(20(21)27)18-8-5-13-12-16(23)6-7-17(13)18/h2-4,6-7,11-12,18H,5,8-10H2,1H3,(H,24,26). The van der Waals surface area contributed by atoms with Crippen LogP contribution in [0.15, 0.2) is 46.9 Å². The number of hydrogen-bond donors (Lipinski definition) is 1. The number of likely N-dealkylation sites (tertiary alicyclic amines) is 1. The monoisotopic (exact) mass is 430 g/mol. The average Bonchev–Trinajstić information content (AvgIpc) is 3.16. The number of aryl methyl sites for hydroxylation is 1. The third-order valence-corrected chi connectivity index (χ3v) is 6.08. The van der Waals surface area contributed by atoms with Gasteiger partial charge in [-0.1, -0.05) is 28.1 Å². The van der Waals surface area contributed by atoms with Crippen LogP contribution in [-0.4, -0.2) is 28.8 Å². The second-order valence-corrected chi connectivity index (χ2v) is 8.36. The number of carbonyl (C=O) groups is 2. The van der Waals surface area contributed by atoms with Gasteiger partial charge in [-0.05, 0) is 67.6 Å². The third kappa shape index (κ3) is 3.27. The van der Waals surface area contributed by atoms with E-state index < -0.39 is 5.54 Å². The molecule has 0 radical (unpaired) electrons. The molecule has 0 spiro atoms. The Labute approximate surface area is 165 Å². The predicted molar refractivity (Wildman–Crippen MR) is 104 cm³/mol. The van der Waals surface area contributed by atoms with Gasteiger partial charge in [0.2, 0.25) is 5.91 Å². The molecule has 1 fully saturated rings. The van der Waals surface area contributed by atoms with Gasteiger partial charge in [-0.15, -0.1) is 0 Å². The first kappa shape index (κ1) is 18.2. The second kappa shape index (κ2) is 6.75. The van der Waals surface area contributed by atoms with Crippen molar-refractivity contribution >= 4 is 27.7 Å². The van der Waals surface area contributed by atoms with E-state index in [-0.39, 0.29) is 23.7 Å². The molecule has 6 heteroatoms. The largest absolute Gasteiger partial charge is 0.338 e. The Morgan fingerprint density at radius 3 is 2.89 bits per heavy atom. The number of hydrogen-bond acceptors (Lipinski definition) is 2. The first-order valence-corrected chi connectivity index (χ1v) is 9.84. The molecule has 2 aliphatic rings. The van der Waals surface area contributed by atoms with Crippen molar-refractivity contribution in [1.82, 2.24) is 10.2 Å². The lowest BCUT2D eigenvalue weighted by molar-refractivity contribution is -0.134. The average molecular weight is 431 g/mol. The quantitative estimate of drug-likeness (QED) is 0.799. The summed E-state index contributed by atoms with van der Waals surface area (Å²) in [5, 5.41) is 2.92. The van der Waals surface area contributed by atoms with Gasteiger partial charge in [0.25, 0.3) is 5.91 Å². The van der Waals surface area contributed by atoms with E-state index >= 15 is 0 Å². The van der Waals surface area contributed by atoms with Crippen molar-refractivity contribution in [3.05, 3.63) is 69.4 Å². The van der Waals surface area contributed by atoms with E-state index in [1.165, 1.54) is 6.07 Å². The molecule has 1 aliphatic carbocycles. The molecule has 2 aromatic rings. The zero-order valence-corrected chi connectivity index (χ0v) is 16.6. The smallest absolute Gasteiger partial charge is 0.252 e. The lowest BCUT2D eigenvalue weighted by Gasteiger charge is -2.29. The van der Waals surface area contributed by atoms with Gasteiger partial charge in [-0.25, -0.2) is 4.39 Å². The number of carbonyl (C=O) groups excluding carboxylic acids is 2. The van der Waals surface area contributed by atoms with E-state index in [1.54, 1.807) is 37.3 Å². The number of amides is 2. The van der Waals surface area contributed by atoms with Gasteiger partial charge in [0.1, 0.15) is 11.4 Å². The minimum absolute atomic E-state index is 0.0438. The van der Waals surface area contributed by atoms with E-state index in [4.69, 9.17) is 0 Å². The maximum absolute atomic E-state index is 13.5. The van der Waals surface area contributed by atoms with Crippen LogP contribution in [-0.2, 0) is 11.2 Å². The Hall–Kier alpha value is -2.21. The summed E-state index contributed by atoms with van der Waals surface area (Å²) in [5.74, 6) is -0.579. The van der Waals surface area contributed by atoms with Crippen molar-refractivity contribution in [2.75, 3.05) is 6.54 Å². The van der Waals surface area contributed by atoms with Crippen LogP contribution in [0.1, 0.15) is 47.3 Å². The molecular formula is C21H20BrFN2O2. The molecule has 2 aromatic carbocycles. The molecule has 4 nitrogen and oxygen atoms in total. The topological polar surface area (TPSA) is 49.4 Å². The van der Waals surface area contributed by atoms with Crippen LogP contribution in [0, 0.1) is 5.82 Å². The van der Waals surface area contributed by atoms with E-state index in [9.17, 15) is 14.0 Å². The highest BCUT2D eigenvalue weighted by atomic mass is 79.9. The van der Waals surface area contributed by atoms with Crippen LogP contribution in [0.3, 0.4) is 0 Å². The summed E-state index contributed by atoms with van der Waals surface area (Å²) in [6.07, 6.45) is 2.11. The van der Waals surface area contributed by atoms with E-state index in [0.29, 0.717) is 18.5 Å². The Balaban J connectivity index is 1.53. The van der Waals surface area contributed by atoms with Crippen LogP contribution in [0.4, 0.5) is 4.39 Å². The number of halogens is 2. The predicted octanol–water partition coefficient (Wildman–Crippen LogP) is 4.00. The maximum atomic E-state index is 13.5. The zero-order valence-electron chi connectivity index (χ0n) is 15.0. The van der Waals surface area contributed by atoms with E-state index in [2.05, 4.69) is 21.2 Å². The minimum Gasteiger partial charge on any atom is -0.338 e. The highest BCUT2D eigenvalue weighted by molar-refractivity contribution is 9.10. The fourth-order valence-electron chi connectivity index (χ4n) is 4.12. The summed E-state index contributed by atoms with van der Waals surface area (Å²) in [5.41, 5.74) is 1.58. The summed E-state index contributed by atoms with van der Waals surface area (Å²) >= 11 is 3.36. The van der Waals surface area contributed by atoms with Crippen LogP contribution in [0.2, 0.25) is 0 Å². The van der Waals surface area contributed by atoms with Crippen molar-refractivity contribution < 1.29 is 14.0 Å². The molecular weight excluding hydrogens is 411 g/mol.